The molecule has 2 atom stereocenters. The summed E-state index contributed by atoms with van der Waals surface area (Å²) in [6, 6.07) is 5.48. The summed E-state index contributed by atoms with van der Waals surface area (Å²) in [5, 5.41) is 4.48. The van der Waals surface area contributed by atoms with Gasteiger partial charge in [-0.05, 0) is 57.9 Å². The van der Waals surface area contributed by atoms with Gasteiger partial charge in [-0.3, -0.25) is 14.4 Å². The molecular weight excluding hydrogens is 480 g/mol. The topological polar surface area (TPSA) is 113 Å². The summed E-state index contributed by atoms with van der Waals surface area (Å²) in [5.74, 6) is 0.738. The Labute approximate surface area is 211 Å². The molecule has 1 N–H and O–H groups in total. The maximum atomic E-state index is 13.8. The van der Waals surface area contributed by atoms with Gasteiger partial charge in [0.15, 0.2) is 5.52 Å². The molecule has 2 bridgehead atoms. The second-order valence-corrected chi connectivity index (χ2v) is 11.7. The lowest BCUT2D eigenvalue weighted by Crippen LogP contribution is -2.39. The van der Waals surface area contributed by atoms with Crippen LogP contribution in [0.1, 0.15) is 45.2 Å². The minimum absolute atomic E-state index is 0.170. The van der Waals surface area contributed by atoms with Crippen LogP contribution in [-0.2, 0) is 23.5 Å². The molecule has 10 nitrogen and oxygen atoms in total. The highest BCUT2D eigenvalue weighted by Crippen LogP contribution is 2.34. The minimum atomic E-state index is -3.74. The van der Waals surface area contributed by atoms with E-state index >= 15 is 0 Å². The van der Waals surface area contributed by atoms with Gasteiger partial charge in [0.25, 0.3) is 5.56 Å². The largest absolute Gasteiger partial charge is 0.493 e. The quantitative estimate of drug-likeness (QED) is 0.515. The van der Waals surface area contributed by atoms with Crippen LogP contribution in [0.25, 0.3) is 22.4 Å². The number of hydrogen-bond acceptors (Lipinski definition) is 7. The lowest BCUT2D eigenvalue weighted by molar-refractivity contribution is 0.246. The summed E-state index contributed by atoms with van der Waals surface area (Å²) in [6.45, 7) is 5.27. The molecule has 3 aromatic rings. The number of aryl methyl sites for hydroxylation is 2. The van der Waals surface area contributed by atoms with Gasteiger partial charge in [-0.15, -0.1) is 0 Å². The molecule has 2 aromatic heterocycles. The lowest BCUT2D eigenvalue weighted by Gasteiger charge is -2.25. The van der Waals surface area contributed by atoms with Gasteiger partial charge < -0.3 is 9.72 Å². The first-order valence-corrected chi connectivity index (χ1v) is 14.1. The fraction of sp³-hybridized carbons (Fsp3) is 0.560. The standard InChI is InChI=1S/C25H34N6O4S/c1-5-7-20-22-23(30(4)28-20)25(32)27-24(26-22)19-14-18(10-11-21(19)35-6-2)36(33,34)31-13-12-16-8-9-17(15-31)29(16)3/h10-11,14,16-17H,5-9,12-13,15H2,1-4H3,(H,26,27,32). The summed E-state index contributed by atoms with van der Waals surface area (Å²) < 4.78 is 36.5. The molecule has 36 heavy (non-hydrogen) atoms. The number of aromatic amines is 1. The number of nitrogens with zero attached hydrogens (tertiary/aromatic N) is 5. The number of aromatic nitrogens is 4. The zero-order valence-corrected chi connectivity index (χ0v) is 22.1. The fourth-order valence-electron chi connectivity index (χ4n) is 5.56. The molecule has 2 saturated heterocycles. The molecule has 2 aliphatic heterocycles. The van der Waals surface area contributed by atoms with Crippen molar-refractivity contribution in [2.24, 2.45) is 7.05 Å². The van der Waals surface area contributed by atoms with E-state index in [9.17, 15) is 13.2 Å². The fourth-order valence-corrected chi connectivity index (χ4v) is 7.08. The van der Waals surface area contributed by atoms with Crippen molar-refractivity contribution in [3.8, 4) is 17.1 Å². The highest BCUT2D eigenvalue weighted by molar-refractivity contribution is 7.89. The molecule has 4 heterocycles. The van der Waals surface area contributed by atoms with Crippen LogP contribution in [0.2, 0.25) is 0 Å². The normalized spacial score (nSPS) is 21.2. The monoisotopic (exact) mass is 514 g/mol. The van der Waals surface area contributed by atoms with E-state index in [2.05, 4.69) is 22.0 Å². The van der Waals surface area contributed by atoms with Crippen LogP contribution in [0.4, 0.5) is 0 Å². The van der Waals surface area contributed by atoms with Crippen molar-refractivity contribution in [1.29, 1.82) is 0 Å². The average molecular weight is 515 g/mol. The van der Waals surface area contributed by atoms with E-state index in [-0.39, 0.29) is 22.3 Å². The van der Waals surface area contributed by atoms with Crippen molar-refractivity contribution in [1.82, 2.24) is 29.0 Å². The number of benzene rings is 1. The van der Waals surface area contributed by atoms with Gasteiger partial charge in [0, 0.05) is 32.2 Å². The van der Waals surface area contributed by atoms with E-state index in [1.54, 1.807) is 34.2 Å². The Hall–Kier alpha value is -2.76. The molecule has 0 spiro atoms. The first kappa shape index (κ1) is 24.9. The third-order valence-electron chi connectivity index (χ3n) is 7.50. The Bertz CT molecular complexity index is 1450. The van der Waals surface area contributed by atoms with Crippen LogP contribution in [0.5, 0.6) is 5.75 Å². The Morgan fingerprint density at radius 2 is 1.92 bits per heavy atom. The van der Waals surface area contributed by atoms with E-state index in [0.29, 0.717) is 54.5 Å². The van der Waals surface area contributed by atoms with Crippen molar-refractivity contribution < 1.29 is 13.2 Å². The molecular formula is C25H34N6O4S. The summed E-state index contributed by atoms with van der Waals surface area (Å²) in [7, 11) is 0.0746. The molecule has 0 amide bonds. The van der Waals surface area contributed by atoms with Crippen molar-refractivity contribution >= 4 is 21.1 Å². The van der Waals surface area contributed by atoms with Gasteiger partial charge in [0.2, 0.25) is 10.0 Å². The first-order valence-electron chi connectivity index (χ1n) is 12.7. The van der Waals surface area contributed by atoms with Crippen LogP contribution in [0.3, 0.4) is 0 Å². The second kappa shape index (κ2) is 9.60. The highest BCUT2D eigenvalue weighted by atomic mass is 32.2. The Kier molecular flexibility index (Phi) is 6.65. The molecule has 5 rings (SSSR count). The Morgan fingerprint density at radius 3 is 2.67 bits per heavy atom. The third-order valence-corrected chi connectivity index (χ3v) is 9.37. The molecule has 2 unspecified atom stereocenters. The summed E-state index contributed by atoms with van der Waals surface area (Å²) in [6.07, 6.45) is 4.51. The summed E-state index contributed by atoms with van der Waals surface area (Å²) >= 11 is 0. The van der Waals surface area contributed by atoms with Crippen molar-refractivity contribution in [3.63, 3.8) is 0 Å². The van der Waals surface area contributed by atoms with Crippen LogP contribution in [-0.4, -0.2) is 76.2 Å². The number of H-pyrrole nitrogens is 1. The lowest BCUT2D eigenvalue weighted by atomic mass is 10.1. The van der Waals surface area contributed by atoms with Crippen LogP contribution >= 0.6 is 0 Å². The number of likely N-dealkylation sites (N-methyl/N-ethyl adjacent to an activating group) is 1. The molecule has 194 valence electrons. The van der Waals surface area contributed by atoms with Gasteiger partial charge in [0.1, 0.15) is 17.1 Å². The van der Waals surface area contributed by atoms with Crippen LogP contribution < -0.4 is 10.3 Å². The maximum absolute atomic E-state index is 13.8. The van der Waals surface area contributed by atoms with E-state index in [1.165, 1.54) is 0 Å². The molecule has 1 aromatic carbocycles. The SMILES string of the molecule is CCCc1nn(C)c2c(=O)[nH]c(-c3cc(S(=O)(=O)N4CCC5CCC(C4)N5C)ccc3OCC)nc12. The van der Waals surface area contributed by atoms with Crippen LogP contribution in [0, 0.1) is 0 Å². The van der Waals surface area contributed by atoms with E-state index in [0.717, 1.165) is 31.4 Å². The van der Waals surface area contributed by atoms with Gasteiger partial charge in [0.05, 0.1) is 22.8 Å². The van der Waals surface area contributed by atoms with Gasteiger partial charge >= 0.3 is 0 Å². The highest BCUT2D eigenvalue weighted by Gasteiger charge is 2.39. The van der Waals surface area contributed by atoms with Crippen molar-refractivity contribution in [2.45, 2.75) is 62.9 Å². The minimum Gasteiger partial charge on any atom is -0.493 e. The number of sulfonamides is 1. The second-order valence-electron chi connectivity index (χ2n) is 9.73. The molecule has 2 fully saturated rings. The van der Waals surface area contributed by atoms with E-state index in [4.69, 9.17) is 9.72 Å². The van der Waals surface area contributed by atoms with E-state index in [1.807, 2.05) is 13.8 Å². The maximum Gasteiger partial charge on any atom is 0.277 e. The average Bonchev–Trinajstić information content (AvgIpc) is 3.28. The number of rotatable bonds is 7. The zero-order valence-electron chi connectivity index (χ0n) is 21.3. The van der Waals surface area contributed by atoms with Gasteiger partial charge in [-0.25, -0.2) is 13.4 Å². The number of hydrogen-bond donors (Lipinski definition) is 1. The third kappa shape index (κ3) is 4.22. The van der Waals surface area contributed by atoms with Crippen molar-refractivity contribution in [2.75, 3.05) is 26.7 Å². The molecule has 0 radical (unpaired) electrons. The number of fused-ring (bicyclic) bond motifs is 3. The molecule has 0 saturated carbocycles. The van der Waals surface area contributed by atoms with E-state index < -0.39 is 10.0 Å². The summed E-state index contributed by atoms with van der Waals surface area (Å²) in [5.41, 5.74) is 1.78. The molecule has 11 heteroatoms. The van der Waals surface area contributed by atoms with Crippen molar-refractivity contribution in [3.05, 3.63) is 34.2 Å². The van der Waals surface area contributed by atoms with Gasteiger partial charge in [-0.2, -0.15) is 9.40 Å². The smallest absolute Gasteiger partial charge is 0.277 e. The Morgan fingerprint density at radius 1 is 1.14 bits per heavy atom. The predicted octanol–water partition coefficient (Wildman–Crippen LogP) is 2.53. The number of nitrogens with one attached hydrogen (secondary N) is 1. The predicted molar refractivity (Wildman–Crippen MR) is 138 cm³/mol. The first-order chi connectivity index (χ1) is 17.2. The van der Waals surface area contributed by atoms with Crippen LogP contribution in [0.15, 0.2) is 27.9 Å². The van der Waals surface area contributed by atoms with Gasteiger partial charge in [-0.1, -0.05) is 13.3 Å². The zero-order chi connectivity index (χ0) is 25.6. The Balaban J connectivity index is 1.60. The number of ether oxygens (including phenoxy) is 1. The molecule has 2 aliphatic rings. The summed E-state index contributed by atoms with van der Waals surface area (Å²) in [4.78, 5) is 23.1. The molecule has 0 aliphatic carbocycles.